The second-order valence-corrected chi connectivity index (χ2v) is 7.95. The zero-order valence-electron chi connectivity index (χ0n) is 17.4. The van der Waals surface area contributed by atoms with Crippen LogP contribution in [0.5, 0.6) is 11.5 Å². The lowest BCUT2D eigenvalue weighted by Gasteiger charge is -2.33. The van der Waals surface area contributed by atoms with E-state index in [0.29, 0.717) is 12.0 Å². The topological polar surface area (TPSA) is 76.0 Å². The van der Waals surface area contributed by atoms with E-state index in [1.807, 2.05) is 33.8 Å². The Labute approximate surface area is 167 Å². The minimum atomic E-state index is -0.682. The Morgan fingerprint density at radius 2 is 1.93 bits per heavy atom. The highest BCUT2D eigenvalue weighted by Gasteiger charge is 2.33. The van der Waals surface area contributed by atoms with E-state index in [9.17, 15) is 15.0 Å². The highest BCUT2D eigenvalue weighted by Crippen LogP contribution is 2.31. The van der Waals surface area contributed by atoms with E-state index in [1.54, 1.807) is 0 Å². The van der Waals surface area contributed by atoms with E-state index < -0.39 is 18.2 Å². The Morgan fingerprint density at radius 3 is 2.57 bits per heavy atom. The first kappa shape index (κ1) is 22.0. The number of carbonyl (C=O) groups excluding carboxylic acids is 1. The van der Waals surface area contributed by atoms with Gasteiger partial charge in [-0.3, -0.25) is 0 Å². The quantitative estimate of drug-likeness (QED) is 0.581. The van der Waals surface area contributed by atoms with Crippen molar-refractivity contribution >= 4 is 5.97 Å². The van der Waals surface area contributed by atoms with Gasteiger partial charge in [0.15, 0.2) is 11.5 Å². The molecule has 1 aromatic carbocycles. The van der Waals surface area contributed by atoms with Gasteiger partial charge in [-0.2, -0.15) is 0 Å². The summed E-state index contributed by atoms with van der Waals surface area (Å²) in [4.78, 5) is 12.8. The molecule has 0 bridgehead atoms. The fourth-order valence-electron chi connectivity index (χ4n) is 3.74. The van der Waals surface area contributed by atoms with E-state index in [0.717, 1.165) is 24.0 Å². The van der Waals surface area contributed by atoms with Crippen LogP contribution in [-0.2, 0) is 4.74 Å². The molecule has 0 heterocycles. The first-order chi connectivity index (χ1) is 13.2. The van der Waals surface area contributed by atoms with Crippen LogP contribution in [0.4, 0.5) is 0 Å². The average molecular weight is 389 g/mol. The monoisotopic (exact) mass is 388 g/mol. The molecule has 0 aliphatic heterocycles. The van der Waals surface area contributed by atoms with Gasteiger partial charge < -0.3 is 19.7 Å². The maximum atomic E-state index is 12.8. The minimum Gasteiger partial charge on any atom is -0.504 e. The molecule has 0 fully saturated rings. The van der Waals surface area contributed by atoms with Gasteiger partial charge in [0.05, 0.1) is 18.8 Å². The lowest BCUT2D eigenvalue weighted by molar-refractivity contribution is -0.0217. The van der Waals surface area contributed by atoms with Crippen LogP contribution in [0.3, 0.4) is 0 Å². The van der Waals surface area contributed by atoms with E-state index in [1.165, 1.54) is 25.3 Å². The van der Waals surface area contributed by atoms with Crippen molar-refractivity contribution in [2.24, 2.45) is 11.8 Å². The Balaban J connectivity index is 2.33. The number of esters is 1. The standard InChI is InChI=1S/C23H32O5/c1-14(2)22-19(25)11-15(3)7-6-8-16(4)12-21(22)28-23(26)17-9-10-18(24)20(13-17)27-5/h8-11,13-14,19,21-22,24-25H,6-7,12H2,1-5H3/t19-,21+,22-/m1/s1. The number of aromatic hydroxyl groups is 1. The molecule has 3 atom stereocenters. The molecule has 1 aliphatic carbocycles. The molecular formula is C23H32O5. The van der Waals surface area contributed by atoms with Crippen molar-refractivity contribution < 1.29 is 24.5 Å². The highest BCUT2D eigenvalue weighted by atomic mass is 16.5. The largest absolute Gasteiger partial charge is 0.504 e. The molecule has 2 rings (SSSR count). The number of ether oxygens (including phenoxy) is 2. The molecule has 0 radical (unpaired) electrons. The van der Waals surface area contributed by atoms with Crippen molar-refractivity contribution in [3.8, 4) is 11.5 Å². The van der Waals surface area contributed by atoms with Crippen LogP contribution in [0.2, 0.25) is 0 Å². The predicted molar refractivity (Wildman–Crippen MR) is 110 cm³/mol. The van der Waals surface area contributed by atoms with Crippen LogP contribution in [0.1, 0.15) is 57.3 Å². The Hall–Kier alpha value is -2.27. The van der Waals surface area contributed by atoms with Crippen LogP contribution in [0, 0.1) is 11.8 Å². The summed E-state index contributed by atoms with van der Waals surface area (Å²) in [5.74, 6) is -0.410. The smallest absolute Gasteiger partial charge is 0.338 e. The van der Waals surface area contributed by atoms with Gasteiger partial charge in [0.2, 0.25) is 0 Å². The second-order valence-electron chi connectivity index (χ2n) is 7.95. The first-order valence-electron chi connectivity index (χ1n) is 9.82. The number of aliphatic hydroxyl groups excluding tert-OH is 1. The van der Waals surface area contributed by atoms with Crippen LogP contribution >= 0.6 is 0 Å². The molecule has 5 nitrogen and oxygen atoms in total. The predicted octanol–water partition coefficient (Wildman–Crippen LogP) is 4.64. The number of methoxy groups -OCH3 is 1. The number of hydrogen-bond donors (Lipinski definition) is 2. The fourth-order valence-corrected chi connectivity index (χ4v) is 3.74. The summed E-state index contributed by atoms with van der Waals surface area (Å²) in [7, 11) is 1.43. The fraction of sp³-hybridized carbons (Fsp3) is 0.522. The van der Waals surface area contributed by atoms with Crippen molar-refractivity contribution in [1.29, 1.82) is 0 Å². The summed E-state index contributed by atoms with van der Waals surface area (Å²) >= 11 is 0. The normalized spacial score (nSPS) is 23.6. The number of carbonyl (C=O) groups is 1. The molecular weight excluding hydrogens is 356 g/mol. The number of hydrogen-bond acceptors (Lipinski definition) is 5. The number of benzene rings is 1. The Kier molecular flexibility index (Phi) is 7.69. The number of phenols is 1. The zero-order chi connectivity index (χ0) is 20.8. The van der Waals surface area contributed by atoms with Gasteiger partial charge in [-0.25, -0.2) is 4.79 Å². The number of aliphatic hydroxyl groups is 1. The molecule has 1 aliphatic rings. The van der Waals surface area contributed by atoms with Crippen LogP contribution in [-0.4, -0.2) is 35.5 Å². The molecule has 0 aromatic heterocycles. The van der Waals surface area contributed by atoms with Gasteiger partial charge in [0.1, 0.15) is 6.10 Å². The third kappa shape index (κ3) is 5.61. The SMILES string of the molecule is COc1cc(C(=O)O[C@H]2CC(C)=CCCC(C)=C[C@@H](O)[C@H]2C(C)C)ccc1O. The van der Waals surface area contributed by atoms with Gasteiger partial charge in [0, 0.05) is 12.3 Å². The zero-order valence-corrected chi connectivity index (χ0v) is 17.4. The van der Waals surface area contributed by atoms with Crippen LogP contribution < -0.4 is 4.74 Å². The van der Waals surface area contributed by atoms with Crippen molar-refractivity contribution in [3.05, 3.63) is 47.1 Å². The highest BCUT2D eigenvalue weighted by molar-refractivity contribution is 5.90. The molecule has 0 amide bonds. The molecule has 0 unspecified atom stereocenters. The van der Waals surface area contributed by atoms with Crippen molar-refractivity contribution in [1.82, 2.24) is 0 Å². The number of phenolic OH excluding ortho intramolecular Hbond substituents is 1. The Morgan fingerprint density at radius 1 is 1.21 bits per heavy atom. The molecule has 2 N–H and O–H groups in total. The van der Waals surface area contributed by atoms with Gasteiger partial charge in [-0.15, -0.1) is 0 Å². The number of allylic oxidation sites excluding steroid dienone is 2. The Bertz CT molecular complexity index is 747. The lowest BCUT2D eigenvalue weighted by atomic mass is 9.81. The van der Waals surface area contributed by atoms with Gasteiger partial charge >= 0.3 is 5.97 Å². The summed E-state index contributed by atoms with van der Waals surface area (Å²) in [5, 5.41) is 20.6. The third-order valence-corrected chi connectivity index (χ3v) is 5.28. The molecule has 5 heteroatoms. The summed E-state index contributed by atoms with van der Waals surface area (Å²) in [5.41, 5.74) is 2.59. The van der Waals surface area contributed by atoms with Gasteiger partial charge in [-0.05, 0) is 50.8 Å². The number of rotatable bonds is 4. The van der Waals surface area contributed by atoms with Gasteiger partial charge in [0.25, 0.3) is 0 Å². The molecule has 154 valence electrons. The van der Waals surface area contributed by atoms with Gasteiger partial charge in [-0.1, -0.05) is 37.1 Å². The first-order valence-corrected chi connectivity index (χ1v) is 9.82. The molecule has 1 aromatic rings. The van der Waals surface area contributed by atoms with Crippen molar-refractivity contribution in [3.63, 3.8) is 0 Å². The van der Waals surface area contributed by atoms with Crippen molar-refractivity contribution in [2.75, 3.05) is 7.11 Å². The third-order valence-electron chi connectivity index (χ3n) is 5.28. The van der Waals surface area contributed by atoms with E-state index in [-0.39, 0.29) is 23.3 Å². The van der Waals surface area contributed by atoms with Crippen LogP contribution in [0.15, 0.2) is 41.5 Å². The van der Waals surface area contributed by atoms with E-state index in [2.05, 4.69) is 6.08 Å². The summed E-state index contributed by atoms with van der Waals surface area (Å²) < 4.78 is 11.0. The lowest BCUT2D eigenvalue weighted by Crippen LogP contribution is -2.38. The maximum Gasteiger partial charge on any atom is 0.338 e. The molecule has 28 heavy (non-hydrogen) atoms. The van der Waals surface area contributed by atoms with E-state index in [4.69, 9.17) is 9.47 Å². The van der Waals surface area contributed by atoms with Crippen LogP contribution in [0.25, 0.3) is 0 Å². The minimum absolute atomic E-state index is 0.0346. The van der Waals surface area contributed by atoms with E-state index >= 15 is 0 Å². The van der Waals surface area contributed by atoms with Crippen molar-refractivity contribution in [2.45, 2.75) is 59.2 Å². The summed E-state index contributed by atoms with van der Waals surface area (Å²) in [6, 6.07) is 4.38. The molecule has 0 saturated carbocycles. The maximum absolute atomic E-state index is 12.8. The average Bonchev–Trinajstić information content (AvgIpc) is 2.61. The summed E-state index contributed by atoms with van der Waals surface area (Å²) in [6.07, 6.45) is 5.33. The second kappa shape index (κ2) is 9.78. The summed E-state index contributed by atoms with van der Waals surface area (Å²) in [6.45, 7) is 8.13. The molecule has 0 saturated heterocycles. The molecule has 0 spiro atoms.